The molecule has 2 aromatic carbocycles. The number of hydrogen-bond acceptors (Lipinski definition) is 5. The molecule has 0 aliphatic rings. The lowest BCUT2D eigenvalue weighted by Crippen LogP contribution is -2.40. The summed E-state index contributed by atoms with van der Waals surface area (Å²) in [6.07, 6.45) is 1.10. The molecule has 0 fully saturated rings. The lowest BCUT2D eigenvalue weighted by atomic mass is 9.87. The zero-order valence-corrected chi connectivity index (χ0v) is 20.7. The van der Waals surface area contributed by atoms with E-state index in [0.717, 1.165) is 21.7 Å². The number of carbonyl (C=O) groups is 1. The van der Waals surface area contributed by atoms with Crippen LogP contribution in [-0.4, -0.2) is 40.3 Å². The second-order valence-electron chi connectivity index (χ2n) is 9.00. The zero-order chi connectivity index (χ0) is 24.1. The first-order valence-corrected chi connectivity index (χ1v) is 12.3. The Balaban J connectivity index is 2.10. The first kappa shape index (κ1) is 25.5. The maximum Gasteiger partial charge on any atom is 0.241 e. The van der Waals surface area contributed by atoms with Crippen molar-refractivity contribution in [1.29, 1.82) is 0 Å². The summed E-state index contributed by atoms with van der Waals surface area (Å²) in [6, 6.07) is 12.6. The number of nitrogens with one attached hydrogen (secondary N) is 1. The minimum atomic E-state index is -3.64. The van der Waals surface area contributed by atoms with Crippen molar-refractivity contribution in [3.05, 3.63) is 53.6 Å². The molecule has 0 bridgehead atoms. The Morgan fingerprint density at radius 2 is 1.69 bits per heavy atom. The highest BCUT2D eigenvalue weighted by Crippen LogP contribution is 2.29. The van der Waals surface area contributed by atoms with E-state index in [1.165, 1.54) is 0 Å². The number of sulfonamides is 1. The van der Waals surface area contributed by atoms with Gasteiger partial charge in [0.25, 0.3) is 0 Å². The number of nitrogens with zero attached hydrogens (tertiary/aromatic N) is 1. The third-order valence-electron chi connectivity index (χ3n) is 4.79. The van der Waals surface area contributed by atoms with E-state index in [9.17, 15) is 13.2 Å². The molecule has 0 radical (unpaired) electrons. The number of rotatable bonds is 9. The van der Waals surface area contributed by atoms with Gasteiger partial charge in [-0.05, 0) is 54.7 Å². The number of ether oxygens (including phenoxy) is 2. The van der Waals surface area contributed by atoms with Gasteiger partial charge >= 0.3 is 0 Å². The summed E-state index contributed by atoms with van der Waals surface area (Å²) in [6.45, 7) is 10.0. The Kier molecular flexibility index (Phi) is 8.18. The van der Waals surface area contributed by atoms with E-state index in [2.05, 4.69) is 26.1 Å². The first-order valence-electron chi connectivity index (χ1n) is 10.5. The number of amides is 1. The number of carbonyl (C=O) groups excluding carboxylic acids is 1. The predicted octanol–water partition coefficient (Wildman–Crippen LogP) is 3.86. The van der Waals surface area contributed by atoms with E-state index in [1.807, 2.05) is 32.0 Å². The van der Waals surface area contributed by atoms with E-state index in [4.69, 9.17) is 9.47 Å². The molecule has 2 rings (SSSR count). The van der Waals surface area contributed by atoms with E-state index in [1.54, 1.807) is 31.4 Å². The summed E-state index contributed by atoms with van der Waals surface area (Å²) < 4.78 is 36.9. The highest BCUT2D eigenvalue weighted by atomic mass is 32.2. The molecule has 0 saturated heterocycles. The molecule has 2 aromatic rings. The minimum Gasteiger partial charge on any atom is -0.493 e. The fraction of sp³-hybridized carbons (Fsp3) is 0.458. The van der Waals surface area contributed by atoms with Gasteiger partial charge in [-0.25, -0.2) is 8.42 Å². The summed E-state index contributed by atoms with van der Waals surface area (Å²) in [7, 11) is -2.08. The van der Waals surface area contributed by atoms with E-state index < -0.39 is 15.9 Å². The Morgan fingerprint density at radius 1 is 1.06 bits per heavy atom. The van der Waals surface area contributed by atoms with E-state index >= 15 is 0 Å². The molecule has 0 aliphatic carbocycles. The Labute approximate surface area is 191 Å². The highest BCUT2D eigenvalue weighted by molar-refractivity contribution is 7.92. The number of anilines is 1. The fourth-order valence-corrected chi connectivity index (χ4v) is 3.94. The van der Waals surface area contributed by atoms with E-state index in [0.29, 0.717) is 17.2 Å². The lowest BCUT2D eigenvalue weighted by molar-refractivity contribution is -0.119. The Morgan fingerprint density at radius 3 is 2.19 bits per heavy atom. The smallest absolute Gasteiger partial charge is 0.241 e. The average molecular weight is 463 g/mol. The Hall–Kier alpha value is -2.74. The van der Waals surface area contributed by atoms with Crippen LogP contribution in [-0.2, 0) is 26.8 Å². The average Bonchev–Trinajstić information content (AvgIpc) is 2.69. The van der Waals surface area contributed by atoms with Crippen molar-refractivity contribution in [3.8, 4) is 11.5 Å². The van der Waals surface area contributed by atoms with Crippen LogP contribution < -0.4 is 19.1 Å². The van der Waals surface area contributed by atoms with Gasteiger partial charge in [-0.3, -0.25) is 9.10 Å². The van der Waals surface area contributed by atoms with Gasteiger partial charge in [0.15, 0.2) is 11.5 Å². The monoisotopic (exact) mass is 462 g/mol. The maximum absolute atomic E-state index is 12.6. The molecule has 32 heavy (non-hydrogen) atoms. The van der Waals surface area contributed by atoms with E-state index in [-0.39, 0.29) is 24.6 Å². The molecular formula is C24H34N2O5S. The van der Waals surface area contributed by atoms with Gasteiger partial charge in [-0.1, -0.05) is 39.0 Å². The van der Waals surface area contributed by atoms with Crippen molar-refractivity contribution < 1.29 is 22.7 Å². The first-order chi connectivity index (χ1) is 14.8. The van der Waals surface area contributed by atoms with Crippen molar-refractivity contribution in [2.75, 3.05) is 24.2 Å². The second-order valence-corrected chi connectivity index (χ2v) is 10.9. The second kappa shape index (κ2) is 10.3. The van der Waals surface area contributed by atoms with Gasteiger partial charge < -0.3 is 14.8 Å². The number of benzene rings is 2. The van der Waals surface area contributed by atoms with Crippen molar-refractivity contribution in [1.82, 2.24) is 5.32 Å². The fourth-order valence-electron chi connectivity index (χ4n) is 3.09. The number of methoxy groups -OCH3 is 1. The summed E-state index contributed by atoms with van der Waals surface area (Å²) in [5.74, 6) is 0.790. The third kappa shape index (κ3) is 7.15. The van der Waals surface area contributed by atoms with Gasteiger partial charge in [0.05, 0.1) is 25.2 Å². The molecule has 7 nitrogen and oxygen atoms in total. The molecular weight excluding hydrogens is 428 g/mol. The van der Waals surface area contributed by atoms with Crippen LogP contribution >= 0.6 is 0 Å². The van der Waals surface area contributed by atoms with Gasteiger partial charge in [0.2, 0.25) is 15.9 Å². The molecule has 0 unspecified atom stereocenters. The van der Waals surface area contributed by atoms with Crippen molar-refractivity contribution >= 4 is 21.6 Å². The number of hydrogen-bond donors (Lipinski definition) is 1. The molecule has 176 valence electrons. The van der Waals surface area contributed by atoms with Crippen LogP contribution in [0.5, 0.6) is 11.5 Å². The summed E-state index contributed by atoms with van der Waals surface area (Å²) >= 11 is 0. The van der Waals surface area contributed by atoms with Crippen molar-refractivity contribution in [3.63, 3.8) is 0 Å². The van der Waals surface area contributed by atoms with Crippen LogP contribution in [0.1, 0.15) is 45.7 Å². The van der Waals surface area contributed by atoms with Crippen LogP contribution in [0.25, 0.3) is 0 Å². The van der Waals surface area contributed by atoms with Crippen LogP contribution in [0.3, 0.4) is 0 Å². The minimum absolute atomic E-state index is 0.00823. The summed E-state index contributed by atoms with van der Waals surface area (Å²) in [5.41, 5.74) is 2.29. The van der Waals surface area contributed by atoms with Crippen molar-refractivity contribution in [2.45, 2.75) is 52.7 Å². The third-order valence-corrected chi connectivity index (χ3v) is 5.93. The molecule has 0 aromatic heterocycles. The standard InChI is InChI=1S/C24H34N2O5S/c1-17(2)31-21-13-8-18(14-22(21)30-6)15-25-23(27)16-26(32(7,28)29)20-11-9-19(10-12-20)24(3,4)5/h8-14,17H,15-16H2,1-7H3,(H,25,27). The highest BCUT2D eigenvalue weighted by Gasteiger charge is 2.22. The van der Waals surface area contributed by atoms with Gasteiger partial charge in [-0.2, -0.15) is 0 Å². The molecule has 0 saturated carbocycles. The van der Waals surface area contributed by atoms with Crippen LogP contribution in [0.4, 0.5) is 5.69 Å². The predicted molar refractivity (Wildman–Crippen MR) is 128 cm³/mol. The zero-order valence-electron chi connectivity index (χ0n) is 19.9. The van der Waals surface area contributed by atoms with Crippen LogP contribution in [0.2, 0.25) is 0 Å². The SMILES string of the molecule is COc1cc(CNC(=O)CN(c2ccc(C(C)(C)C)cc2)S(C)(=O)=O)ccc1OC(C)C. The quantitative estimate of drug-likeness (QED) is 0.612. The summed E-state index contributed by atoms with van der Waals surface area (Å²) in [5, 5.41) is 2.78. The van der Waals surface area contributed by atoms with Gasteiger partial charge in [-0.15, -0.1) is 0 Å². The molecule has 0 aliphatic heterocycles. The summed E-state index contributed by atoms with van der Waals surface area (Å²) in [4.78, 5) is 12.6. The van der Waals surface area contributed by atoms with Crippen LogP contribution in [0, 0.1) is 0 Å². The molecule has 0 spiro atoms. The largest absolute Gasteiger partial charge is 0.493 e. The lowest BCUT2D eigenvalue weighted by Gasteiger charge is -2.24. The molecule has 0 heterocycles. The molecule has 1 N–H and O–H groups in total. The topological polar surface area (TPSA) is 84.9 Å². The van der Waals surface area contributed by atoms with Crippen LogP contribution in [0.15, 0.2) is 42.5 Å². The van der Waals surface area contributed by atoms with Gasteiger partial charge in [0, 0.05) is 6.54 Å². The molecule has 8 heteroatoms. The molecule has 1 amide bonds. The molecule has 0 atom stereocenters. The van der Waals surface area contributed by atoms with Crippen molar-refractivity contribution in [2.24, 2.45) is 0 Å². The Bertz CT molecular complexity index is 1030. The van der Waals surface area contributed by atoms with Gasteiger partial charge in [0.1, 0.15) is 6.54 Å². The normalized spacial score (nSPS) is 11.9. The maximum atomic E-state index is 12.6.